The van der Waals surface area contributed by atoms with Gasteiger partial charge in [-0.2, -0.15) is 0 Å². The van der Waals surface area contributed by atoms with E-state index in [0.29, 0.717) is 30.0 Å². The number of carbonyl (C=O) groups is 2. The smallest absolute Gasteiger partial charge is 0.264 e. The Kier molecular flexibility index (Phi) is 12.0. The van der Waals surface area contributed by atoms with E-state index in [-0.39, 0.29) is 29.5 Å². The summed E-state index contributed by atoms with van der Waals surface area (Å²) in [4.78, 5) is 29.8. The maximum absolute atomic E-state index is 14.6. The van der Waals surface area contributed by atoms with Gasteiger partial charge in [0.1, 0.15) is 29.9 Å². The number of ether oxygens (including phenoxy) is 1. The maximum atomic E-state index is 14.6. The summed E-state index contributed by atoms with van der Waals surface area (Å²) in [5.41, 5.74) is 2.51. The molecule has 0 radical (unpaired) electrons. The molecule has 0 spiro atoms. The van der Waals surface area contributed by atoms with Crippen LogP contribution in [0.25, 0.3) is 0 Å². The van der Waals surface area contributed by atoms with E-state index in [9.17, 15) is 22.4 Å². The number of anilines is 1. The lowest BCUT2D eigenvalue weighted by Crippen LogP contribution is -2.53. The van der Waals surface area contributed by atoms with Crippen molar-refractivity contribution in [1.29, 1.82) is 0 Å². The van der Waals surface area contributed by atoms with Gasteiger partial charge in [-0.25, -0.2) is 12.8 Å². The third-order valence-corrected chi connectivity index (χ3v) is 9.87. The summed E-state index contributed by atoms with van der Waals surface area (Å²) in [6.45, 7) is 3.51. The van der Waals surface area contributed by atoms with E-state index >= 15 is 0 Å². The van der Waals surface area contributed by atoms with Gasteiger partial charge in [-0.3, -0.25) is 13.9 Å². The summed E-state index contributed by atoms with van der Waals surface area (Å²) in [5.74, 6) is -0.332. The first-order valence-electron chi connectivity index (χ1n) is 16.4. The van der Waals surface area contributed by atoms with Gasteiger partial charge < -0.3 is 15.0 Å². The Bertz CT molecular complexity index is 1960. The van der Waals surface area contributed by atoms with Gasteiger partial charge in [0.2, 0.25) is 11.8 Å². The van der Waals surface area contributed by atoms with Crippen LogP contribution in [0.1, 0.15) is 30.0 Å². The number of carbonyl (C=O) groups excluding carboxylic acids is 2. The van der Waals surface area contributed by atoms with Gasteiger partial charge in [0.15, 0.2) is 0 Å². The number of hydrogen-bond acceptors (Lipinski definition) is 5. The maximum Gasteiger partial charge on any atom is 0.264 e. The number of nitrogens with zero attached hydrogens (tertiary/aromatic N) is 2. The van der Waals surface area contributed by atoms with E-state index in [1.807, 2.05) is 62.4 Å². The lowest BCUT2D eigenvalue weighted by molar-refractivity contribution is -0.140. The minimum atomic E-state index is -4.27. The zero-order chi connectivity index (χ0) is 35.5. The van der Waals surface area contributed by atoms with Crippen molar-refractivity contribution in [3.8, 4) is 11.5 Å². The Balaban J connectivity index is 1.55. The second kappa shape index (κ2) is 16.8. The molecule has 5 rings (SSSR count). The number of benzene rings is 5. The first kappa shape index (κ1) is 35.8. The molecule has 0 saturated heterocycles. The number of aryl methyl sites for hydroxylation is 1. The molecular formula is C40H40FN3O5S. The monoisotopic (exact) mass is 693 g/mol. The number of sulfonamides is 1. The van der Waals surface area contributed by atoms with Crippen LogP contribution in [-0.4, -0.2) is 44.3 Å². The highest BCUT2D eigenvalue weighted by Gasteiger charge is 2.34. The fourth-order valence-corrected chi connectivity index (χ4v) is 6.79. The van der Waals surface area contributed by atoms with Crippen LogP contribution >= 0.6 is 0 Å². The first-order valence-corrected chi connectivity index (χ1v) is 17.9. The molecule has 1 N–H and O–H groups in total. The van der Waals surface area contributed by atoms with Gasteiger partial charge >= 0.3 is 0 Å². The molecule has 0 saturated carbocycles. The molecule has 50 heavy (non-hydrogen) atoms. The average Bonchev–Trinajstić information content (AvgIpc) is 3.13. The SMILES string of the molecule is CCCNC(=O)[C@@H](Cc1ccccc1)N(Cc1ccc(F)cc1)C(=O)CN(c1ccc(Oc2ccccc2)cc1)S(=O)(=O)c1ccc(C)cc1. The average molecular weight is 694 g/mol. The molecule has 0 aliphatic heterocycles. The minimum Gasteiger partial charge on any atom is -0.457 e. The number of halogens is 1. The van der Waals surface area contributed by atoms with E-state index in [0.717, 1.165) is 15.4 Å². The van der Waals surface area contributed by atoms with Crippen LogP contribution in [0.5, 0.6) is 11.5 Å². The van der Waals surface area contributed by atoms with Crippen molar-refractivity contribution in [2.45, 2.75) is 44.2 Å². The number of rotatable bonds is 15. The quantitative estimate of drug-likeness (QED) is 0.124. The van der Waals surface area contributed by atoms with Crippen molar-refractivity contribution in [1.82, 2.24) is 10.2 Å². The molecule has 8 nitrogen and oxygen atoms in total. The van der Waals surface area contributed by atoms with Crippen LogP contribution in [0.3, 0.4) is 0 Å². The van der Waals surface area contributed by atoms with Crippen LogP contribution in [0.2, 0.25) is 0 Å². The molecule has 5 aromatic rings. The number of amides is 2. The minimum absolute atomic E-state index is 0.00659. The van der Waals surface area contributed by atoms with Crippen LogP contribution in [0.15, 0.2) is 138 Å². The van der Waals surface area contributed by atoms with Crippen molar-refractivity contribution in [3.63, 3.8) is 0 Å². The van der Waals surface area contributed by atoms with E-state index in [4.69, 9.17) is 4.74 Å². The summed E-state index contributed by atoms with van der Waals surface area (Å²) in [6, 6.07) is 36.0. The standard InChI is InChI=1S/C40H40FN3O5S/c1-3-26-42-40(46)38(27-31-10-6-4-7-11-31)43(28-32-16-18-33(41)19-17-32)39(45)29-44(50(47,48)37-24-14-30(2)15-25-37)34-20-22-36(23-21-34)49-35-12-8-5-9-13-35/h4-25,38H,3,26-29H2,1-2H3,(H,42,46)/t38-/m1/s1. The lowest BCUT2D eigenvalue weighted by atomic mass is 10.0. The topological polar surface area (TPSA) is 96.0 Å². The van der Waals surface area contributed by atoms with Crippen LogP contribution in [0, 0.1) is 12.7 Å². The number of para-hydroxylation sites is 1. The van der Waals surface area contributed by atoms with Crippen molar-refractivity contribution in [2.75, 3.05) is 17.4 Å². The molecular weight excluding hydrogens is 654 g/mol. The van der Waals surface area contributed by atoms with E-state index < -0.39 is 34.3 Å². The third-order valence-electron chi connectivity index (χ3n) is 8.08. The molecule has 2 amide bonds. The van der Waals surface area contributed by atoms with Gasteiger partial charge in [0, 0.05) is 19.5 Å². The van der Waals surface area contributed by atoms with Crippen LogP contribution in [-0.2, 0) is 32.6 Å². The highest BCUT2D eigenvalue weighted by molar-refractivity contribution is 7.92. The Hall–Kier alpha value is -5.48. The van der Waals surface area contributed by atoms with Gasteiger partial charge in [0.25, 0.3) is 10.0 Å². The molecule has 0 fully saturated rings. The highest BCUT2D eigenvalue weighted by Crippen LogP contribution is 2.29. The van der Waals surface area contributed by atoms with Gasteiger partial charge in [-0.05, 0) is 85.1 Å². The molecule has 0 heterocycles. The fraction of sp³-hybridized carbons (Fsp3) is 0.200. The van der Waals surface area contributed by atoms with Crippen molar-refractivity contribution < 1.29 is 27.1 Å². The van der Waals surface area contributed by atoms with E-state index in [1.54, 1.807) is 60.7 Å². The molecule has 0 bridgehead atoms. The molecule has 0 aromatic heterocycles. The largest absolute Gasteiger partial charge is 0.457 e. The summed E-state index contributed by atoms with van der Waals surface area (Å²) in [6.07, 6.45) is 0.863. The second-order valence-corrected chi connectivity index (χ2v) is 13.7. The second-order valence-electron chi connectivity index (χ2n) is 11.9. The Labute approximate surface area is 293 Å². The summed E-state index contributed by atoms with van der Waals surface area (Å²) in [5, 5.41) is 2.92. The molecule has 10 heteroatoms. The zero-order valence-electron chi connectivity index (χ0n) is 28.0. The van der Waals surface area contributed by atoms with Crippen LogP contribution in [0.4, 0.5) is 10.1 Å². The Morgan fingerprint density at radius 3 is 1.98 bits per heavy atom. The molecule has 0 aliphatic carbocycles. The van der Waals surface area contributed by atoms with Crippen LogP contribution < -0.4 is 14.4 Å². The summed E-state index contributed by atoms with van der Waals surface area (Å²) >= 11 is 0. The first-order chi connectivity index (χ1) is 24.1. The van der Waals surface area contributed by atoms with Gasteiger partial charge in [0.05, 0.1) is 10.6 Å². The predicted molar refractivity (Wildman–Crippen MR) is 193 cm³/mol. The van der Waals surface area contributed by atoms with E-state index in [2.05, 4.69) is 5.32 Å². The zero-order valence-corrected chi connectivity index (χ0v) is 28.9. The summed E-state index contributed by atoms with van der Waals surface area (Å²) < 4.78 is 49.5. The van der Waals surface area contributed by atoms with Crippen molar-refractivity contribution in [2.24, 2.45) is 0 Å². The molecule has 1 atom stereocenters. The third kappa shape index (κ3) is 9.35. The van der Waals surface area contributed by atoms with E-state index in [1.165, 1.54) is 29.2 Å². The van der Waals surface area contributed by atoms with Crippen molar-refractivity contribution in [3.05, 3.63) is 156 Å². The molecule has 0 aliphatic rings. The normalized spacial score (nSPS) is 11.7. The lowest BCUT2D eigenvalue weighted by Gasteiger charge is -2.34. The Morgan fingerprint density at radius 2 is 1.36 bits per heavy atom. The molecule has 5 aromatic carbocycles. The number of hydrogen-bond donors (Lipinski definition) is 1. The number of nitrogens with one attached hydrogen (secondary N) is 1. The van der Waals surface area contributed by atoms with Gasteiger partial charge in [-0.15, -0.1) is 0 Å². The van der Waals surface area contributed by atoms with Gasteiger partial charge in [-0.1, -0.05) is 85.3 Å². The molecule has 0 unspecified atom stereocenters. The Morgan fingerprint density at radius 1 is 0.760 bits per heavy atom. The highest BCUT2D eigenvalue weighted by atomic mass is 32.2. The molecule has 258 valence electrons. The predicted octanol–water partition coefficient (Wildman–Crippen LogP) is 7.29. The van der Waals surface area contributed by atoms with Crippen molar-refractivity contribution >= 4 is 27.5 Å². The fourth-order valence-electron chi connectivity index (χ4n) is 5.38. The summed E-state index contributed by atoms with van der Waals surface area (Å²) in [7, 11) is -4.27.